The van der Waals surface area contributed by atoms with Gasteiger partial charge in [0.15, 0.2) is 6.10 Å². The lowest BCUT2D eigenvalue weighted by atomic mass is 9.94. The lowest BCUT2D eigenvalue weighted by molar-refractivity contribution is -0.141. The first-order valence-corrected chi connectivity index (χ1v) is 18.5. The van der Waals surface area contributed by atoms with Gasteiger partial charge in [0.05, 0.1) is 30.2 Å². The topological polar surface area (TPSA) is 90.4 Å². The molecule has 0 saturated carbocycles. The second kappa shape index (κ2) is 12.7. The largest absolute Gasteiger partial charge is 0.410 e. The van der Waals surface area contributed by atoms with Crippen LogP contribution in [-0.2, 0) is 13.6 Å². The number of nitriles is 1. The molecule has 2 rings (SSSR count). The summed E-state index contributed by atoms with van der Waals surface area (Å²) in [6, 6.07) is 4.37. The molecule has 1 aliphatic rings. The van der Waals surface area contributed by atoms with Gasteiger partial charge in [-0.05, 0) is 39.3 Å². The number of aromatic nitrogens is 1. The van der Waals surface area contributed by atoms with Crippen LogP contribution in [0.15, 0.2) is 18.5 Å². The van der Waals surface area contributed by atoms with Gasteiger partial charge in [-0.3, -0.25) is 4.98 Å². The van der Waals surface area contributed by atoms with E-state index in [2.05, 4.69) is 94.1 Å². The Morgan fingerprint density at radius 2 is 1.32 bits per heavy atom. The van der Waals surface area contributed by atoms with E-state index in [1.54, 1.807) is 12.4 Å². The molecule has 4 atom stereocenters. The summed E-state index contributed by atoms with van der Waals surface area (Å²) >= 11 is 0. The second-order valence-corrected chi connectivity index (χ2v) is 23.6. The molecule has 1 fully saturated rings. The molecule has 0 aliphatic carbocycles. The lowest BCUT2D eigenvalue weighted by Crippen LogP contribution is -2.61. The number of nitrogens with zero attached hydrogens (tertiary/aromatic N) is 2. The van der Waals surface area contributed by atoms with Crippen molar-refractivity contribution in [1.82, 2.24) is 4.98 Å². The van der Waals surface area contributed by atoms with E-state index in [0.29, 0.717) is 45.4 Å². The molecule has 0 aromatic carbocycles. The quantitative estimate of drug-likeness (QED) is 0.281. The third-order valence-corrected chi connectivity index (χ3v) is 21.1. The van der Waals surface area contributed by atoms with E-state index < -0.39 is 28.8 Å². The van der Waals surface area contributed by atoms with Crippen LogP contribution in [0.2, 0.25) is 33.2 Å². The smallest absolute Gasteiger partial charge is 0.201 e. The van der Waals surface area contributed by atoms with Crippen LogP contribution >= 0.6 is 0 Å². The summed E-state index contributed by atoms with van der Waals surface area (Å²) in [6.45, 7) is 27.5. The van der Waals surface area contributed by atoms with Crippen molar-refractivity contribution in [2.24, 2.45) is 0 Å². The van der Waals surface area contributed by atoms with Crippen LogP contribution in [0.4, 0.5) is 5.69 Å². The highest BCUT2D eigenvalue weighted by Gasteiger charge is 2.55. The fourth-order valence-electron chi connectivity index (χ4n) is 7.43. The molecule has 0 unspecified atom stereocenters. The molecular formula is C29H53N3O3Si2. The van der Waals surface area contributed by atoms with Crippen molar-refractivity contribution >= 4 is 22.3 Å². The van der Waals surface area contributed by atoms with Crippen LogP contribution < -0.4 is 5.73 Å². The Kier molecular flexibility index (Phi) is 11.0. The maximum atomic E-state index is 10.4. The predicted molar refractivity (Wildman–Crippen MR) is 158 cm³/mol. The van der Waals surface area contributed by atoms with Crippen molar-refractivity contribution in [2.75, 3.05) is 5.73 Å². The van der Waals surface area contributed by atoms with Gasteiger partial charge in [-0.1, -0.05) is 83.1 Å². The Hall–Kier alpha value is -1.25. The van der Waals surface area contributed by atoms with Gasteiger partial charge in [0.2, 0.25) is 16.6 Å². The summed E-state index contributed by atoms with van der Waals surface area (Å²) < 4.78 is 21.2. The fraction of sp³-hybridized carbons (Fsp3) is 0.793. The number of nitrogens with two attached hydrogens (primary N) is 1. The summed E-state index contributed by atoms with van der Waals surface area (Å²) in [5, 5.41) is 10.4. The number of hydrogen-bond acceptors (Lipinski definition) is 6. The number of pyridine rings is 1. The molecule has 1 saturated heterocycles. The van der Waals surface area contributed by atoms with E-state index in [0.717, 1.165) is 5.56 Å². The highest BCUT2D eigenvalue weighted by molar-refractivity contribution is 6.78. The second-order valence-electron chi connectivity index (χ2n) is 12.8. The molecule has 1 aromatic rings. The van der Waals surface area contributed by atoms with E-state index >= 15 is 0 Å². The zero-order valence-electron chi connectivity index (χ0n) is 25.4. The van der Waals surface area contributed by atoms with Gasteiger partial charge in [0, 0.05) is 18.2 Å². The monoisotopic (exact) mass is 547 g/mol. The molecule has 2 N–H and O–H groups in total. The maximum Gasteiger partial charge on any atom is 0.201 e. The standard InChI is InChI=1S/C29H53N3O3Si2/c1-18(2)36(19(3)4,20(5)6)34-27-15-26(24-13-14-32-17-25(24)31)33-28(16-30)29(27)35-37(21(7)8,22(9)10)23(11)12/h13-14,17-23,26-29H,15,31H2,1-12H3/t26-,27-,28-,29+/m1/s1. The summed E-state index contributed by atoms with van der Waals surface area (Å²) in [7, 11) is -4.59. The van der Waals surface area contributed by atoms with E-state index in [1.165, 1.54) is 0 Å². The SMILES string of the molecule is CC(C)[Si](O[C@@H]1[C@@H](C#N)O[C@@H](c2ccncc2N)C[C@H]1O[Si](C(C)C)(C(C)C)C(C)C)(C(C)C)C(C)C. The van der Waals surface area contributed by atoms with Crippen molar-refractivity contribution in [2.45, 2.75) is 147 Å². The molecule has 0 bridgehead atoms. The number of hydrogen-bond donors (Lipinski definition) is 1. The first kappa shape index (κ1) is 32.0. The van der Waals surface area contributed by atoms with E-state index in [4.69, 9.17) is 19.3 Å². The Bertz CT molecular complexity index is 870. The average Bonchev–Trinajstić information content (AvgIpc) is 2.79. The summed E-state index contributed by atoms with van der Waals surface area (Å²) in [5.41, 5.74) is 10.2. The van der Waals surface area contributed by atoms with Crippen molar-refractivity contribution < 1.29 is 13.6 Å². The lowest BCUT2D eigenvalue weighted by Gasteiger charge is -2.52. The van der Waals surface area contributed by atoms with Crippen molar-refractivity contribution in [3.8, 4) is 6.07 Å². The number of nitrogen functional groups attached to an aromatic ring is 1. The zero-order valence-corrected chi connectivity index (χ0v) is 27.4. The summed E-state index contributed by atoms with van der Waals surface area (Å²) in [4.78, 5) is 4.16. The molecule has 0 amide bonds. The Morgan fingerprint density at radius 3 is 1.73 bits per heavy atom. The minimum atomic E-state index is -2.31. The first-order chi connectivity index (χ1) is 17.2. The number of anilines is 1. The molecule has 0 radical (unpaired) electrons. The molecule has 210 valence electrons. The number of ether oxygens (including phenoxy) is 1. The van der Waals surface area contributed by atoms with Crippen LogP contribution in [0.1, 0.15) is 101 Å². The van der Waals surface area contributed by atoms with Gasteiger partial charge in [-0.25, -0.2) is 0 Å². The van der Waals surface area contributed by atoms with Crippen LogP contribution in [0.3, 0.4) is 0 Å². The van der Waals surface area contributed by atoms with Crippen LogP contribution in [0.5, 0.6) is 0 Å². The van der Waals surface area contributed by atoms with Gasteiger partial charge >= 0.3 is 0 Å². The Labute approximate surface area is 228 Å². The zero-order chi connectivity index (χ0) is 28.3. The average molecular weight is 548 g/mol. The van der Waals surface area contributed by atoms with Gasteiger partial charge < -0.3 is 19.3 Å². The predicted octanol–water partition coefficient (Wildman–Crippen LogP) is 8.14. The molecule has 37 heavy (non-hydrogen) atoms. The van der Waals surface area contributed by atoms with Crippen molar-refractivity contribution in [3.05, 3.63) is 24.0 Å². The summed E-state index contributed by atoms with van der Waals surface area (Å²) in [5.74, 6) is 0. The fourth-order valence-corrected chi connectivity index (χ4v) is 18.6. The summed E-state index contributed by atoms with van der Waals surface area (Å²) in [6.07, 6.45) is 2.23. The minimum Gasteiger partial charge on any atom is -0.410 e. The molecule has 1 aromatic heterocycles. The van der Waals surface area contributed by atoms with Crippen molar-refractivity contribution in [1.29, 1.82) is 5.26 Å². The van der Waals surface area contributed by atoms with Crippen molar-refractivity contribution in [3.63, 3.8) is 0 Å². The number of rotatable bonds is 11. The van der Waals surface area contributed by atoms with Gasteiger partial charge in [-0.15, -0.1) is 0 Å². The normalized spacial score (nSPS) is 23.6. The first-order valence-electron chi connectivity index (χ1n) is 14.3. The van der Waals surface area contributed by atoms with Crippen LogP contribution in [0, 0.1) is 11.3 Å². The van der Waals surface area contributed by atoms with Crippen LogP contribution in [-0.4, -0.2) is 39.9 Å². The van der Waals surface area contributed by atoms with Gasteiger partial charge in [0.25, 0.3) is 0 Å². The molecule has 1 aliphatic heterocycles. The highest BCUT2D eigenvalue weighted by atomic mass is 28.4. The van der Waals surface area contributed by atoms with Gasteiger partial charge in [-0.2, -0.15) is 5.26 Å². The molecule has 8 heteroatoms. The third kappa shape index (κ3) is 6.17. The molecular weight excluding hydrogens is 495 g/mol. The Morgan fingerprint density at radius 1 is 0.865 bits per heavy atom. The minimum absolute atomic E-state index is 0.252. The molecule has 6 nitrogen and oxygen atoms in total. The van der Waals surface area contributed by atoms with E-state index in [1.807, 2.05) is 6.07 Å². The van der Waals surface area contributed by atoms with E-state index in [-0.39, 0.29) is 12.2 Å². The highest BCUT2D eigenvalue weighted by Crippen LogP contribution is 2.49. The Balaban J connectivity index is 2.68. The maximum absolute atomic E-state index is 10.4. The van der Waals surface area contributed by atoms with Gasteiger partial charge in [0.1, 0.15) is 6.10 Å². The van der Waals surface area contributed by atoms with E-state index in [9.17, 15) is 5.26 Å². The van der Waals surface area contributed by atoms with Crippen LogP contribution in [0.25, 0.3) is 0 Å². The third-order valence-electron chi connectivity index (χ3n) is 8.89. The molecule has 0 spiro atoms. The molecule has 2 heterocycles.